The monoisotopic (exact) mass is 461 g/mol. The molecule has 0 unspecified atom stereocenters. The predicted molar refractivity (Wildman–Crippen MR) is 118 cm³/mol. The van der Waals surface area contributed by atoms with Crippen molar-refractivity contribution < 1.29 is 28.6 Å². The lowest BCUT2D eigenvalue weighted by molar-refractivity contribution is -0.145. The molecule has 2 aromatic carbocycles. The summed E-state index contributed by atoms with van der Waals surface area (Å²) >= 11 is 7.17. The number of hydrogen-bond donors (Lipinski definition) is 0. The Labute approximate surface area is 188 Å². The quantitative estimate of drug-likeness (QED) is 0.422. The van der Waals surface area contributed by atoms with Crippen molar-refractivity contribution in [2.45, 2.75) is 13.5 Å². The van der Waals surface area contributed by atoms with Gasteiger partial charge in [0.1, 0.15) is 0 Å². The summed E-state index contributed by atoms with van der Waals surface area (Å²) in [6, 6.07) is 12.5. The number of carbonyl (C=O) groups excluding carboxylic acids is 3. The molecule has 1 aliphatic heterocycles. The maximum Gasteiger partial charge on any atom is 0.344 e. The van der Waals surface area contributed by atoms with Gasteiger partial charge in [-0.2, -0.15) is 0 Å². The lowest BCUT2D eigenvalue weighted by Crippen LogP contribution is -2.27. The Hall–Kier alpha value is -2.97. The van der Waals surface area contributed by atoms with Crippen LogP contribution in [0.4, 0.5) is 4.79 Å². The van der Waals surface area contributed by atoms with E-state index >= 15 is 0 Å². The molecule has 0 aliphatic carbocycles. The van der Waals surface area contributed by atoms with Crippen molar-refractivity contribution in [2.75, 3.05) is 20.3 Å². The maximum absolute atomic E-state index is 12.7. The number of carbonyl (C=O) groups is 3. The Morgan fingerprint density at radius 1 is 1.19 bits per heavy atom. The van der Waals surface area contributed by atoms with E-state index in [1.807, 2.05) is 30.3 Å². The Balaban J connectivity index is 1.79. The van der Waals surface area contributed by atoms with Gasteiger partial charge in [-0.25, -0.2) is 4.79 Å². The Morgan fingerprint density at radius 2 is 1.94 bits per heavy atom. The number of hydrogen-bond acceptors (Lipinski definition) is 7. The number of esters is 1. The SMILES string of the molecule is CCOC(=O)COc1c(Cl)cc(/C=C2\SC(=O)N(Cc3ccccc3)C2=O)cc1OC. The number of methoxy groups -OCH3 is 1. The van der Waals surface area contributed by atoms with Gasteiger partial charge in [0.05, 0.1) is 30.2 Å². The topological polar surface area (TPSA) is 82.1 Å². The second kappa shape index (κ2) is 10.4. The summed E-state index contributed by atoms with van der Waals surface area (Å²) in [7, 11) is 1.43. The Morgan fingerprint density at radius 3 is 2.61 bits per heavy atom. The molecular formula is C22H20ClNO6S. The van der Waals surface area contributed by atoms with Crippen molar-refractivity contribution in [3.63, 3.8) is 0 Å². The molecular weight excluding hydrogens is 442 g/mol. The first kappa shape index (κ1) is 22.7. The standard InChI is InChI=1S/C22H20ClNO6S/c1-3-29-19(25)13-30-20-16(23)9-15(10-17(20)28-2)11-18-21(26)24(22(27)31-18)12-14-7-5-4-6-8-14/h4-11H,3,12-13H2,1-2H3/b18-11-. The highest BCUT2D eigenvalue weighted by atomic mass is 35.5. The number of benzene rings is 2. The fraction of sp³-hybridized carbons (Fsp3) is 0.227. The number of thioether (sulfide) groups is 1. The average Bonchev–Trinajstić information content (AvgIpc) is 3.01. The van der Waals surface area contributed by atoms with Gasteiger partial charge >= 0.3 is 5.97 Å². The second-order valence-electron chi connectivity index (χ2n) is 6.38. The minimum Gasteiger partial charge on any atom is -0.493 e. The summed E-state index contributed by atoms with van der Waals surface area (Å²) in [4.78, 5) is 38.1. The highest BCUT2D eigenvalue weighted by Gasteiger charge is 2.35. The third-order valence-corrected chi connectivity index (χ3v) is 5.43. The van der Waals surface area contributed by atoms with E-state index in [0.717, 1.165) is 17.3 Å². The molecule has 1 heterocycles. The van der Waals surface area contributed by atoms with E-state index < -0.39 is 5.97 Å². The molecule has 0 atom stereocenters. The Bertz CT molecular complexity index is 1020. The van der Waals surface area contributed by atoms with Gasteiger partial charge in [-0.3, -0.25) is 14.5 Å². The van der Waals surface area contributed by atoms with Crippen molar-refractivity contribution >= 4 is 46.6 Å². The molecule has 0 spiro atoms. The van der Waals surface area contributed by atoms with Crippen molar-refractivity contribution in [3.05, 3.63) is 63.5 Å². The van der Waals surface area contributed by atoms with Gasteiger partial charge in [-0.05, 0) is 48.0 Å². The van der Waals surface area contributed by atoms with Crippen LogP contribution in [0.1, 0.15) is 18.1 Å². The van der Waals surface area contributed by atoms with E-state index in [9.17, 15) is 14.4 Å². The highest BCUT2D eigenvalue weighted by Crippen LogP contribution is 2.39. The van der Waals surface area contributed by atoms with Gasteiger partial charge in [0.2, 0.25) is 0 Å². The van der Waals surface area contributed by atoms with Gasteiger partial charge in [0.15, 0.2) is 18.1 Å². The van der Waals surface area contributed by atoms with Gasteiger partial charge in [-0.15, -0.1) is 0 Å². The van der Waals surface area contributed by atoms with E-state index in [2.05, 4.69) is 0 Å². The van der Waals surface area contributed by atoms with Crippen LogP contribution in [0, 0.1) is 0 Å². The molecule has 1 saturated heterocycles. The van der Waals surface area contributed by atoms with Crippen LogP contribution >= 0.6 is 23.4 Å². The van der Waals surface area contributed by atoms with Crippen LogP contribution in [0.5, 0.6) is 11.5 Å². The minimum atomic E-state index is -0.531. The van der Waals surface area contributed by atoms with Gasteiger partial charge in [-0.1, -0.05) is 41.9 Å². The molecule has 7 nitrogen and oxygen atoms in total. The molecule has 0 bridgehead atoms. The van der Waals surface area contributed by atoms with E-state index in [4.69, 9.17) is 25.8 Å². The number of ether oxygens (including phenoxy) is 3. The third kappa shape index (κ3) is 5.59. The minimum absolute atomic E-state index is 0.187. The molecule has 2 aromatic rings. The second-order valence-corrected chi connectivity index (χ2v) is 7.78. The normalized spacial score (nSPS) is 14.8. The Kier molecular flexibility index (Phi) is 7.59. The summed E-state index contributed by atoms with van der Waals surface area (Å²) in [6.45, 7) is 1.82. The zero-order chi connectivity index (χ0) is 22.4. The molecule has 162 valence electrons. The summed E-state index contributed by atoms with van der Waals surface area (Å²) in [5.41, 5.74) is 1.41. The number of imide groups is 1. The first-order valence-electron chi connectivity index (χ1n) is 9.38. The van der Waals surface area contributed by atoms with E-state index in [1.165, 1.54) is 12.0 Å². The number of amides is 2. The zero-order valence-corrected chi connectivity index (χ0v) is 18.5. The van der Waals surface area contributed by atoms with Crippen LogP contribution in [-0.2, 0) is 20.9 Å². The first-order valence-corrected chi connectivity index (χ1v) is 10.6. The summed E-state index contributed by atoms with van der Waals surface area (Å²) in [6.07, 6.45) is 1.57. The summed E-state index contributed by atoms with van der Waals surface area (Å²) in [5.74, 6) is -0.438. The first-order chi connectivity index (χ1) is 14.9. The lowest BCUT2D eigenvalue weighted by Gasteiger charge is -2.13. The smallest absolute Gasteiger partial charge is 0.344 e. The van der Waals surface area contributed by atoms with Gasteiger partial charge < -0.3 is 14.2 Å². The van der Waals surface area contributed by atoms with Gasteiger partial charge in [0.25, 0.3) is 11.1 Å². The maximum atomic E-state index is 12.7. The van der Waals surface area contributed by atoms with E-state index in [0.29, 0.717) is 5.56 Å². The van der Waals surface area contributed by atoms with Crippen LogP contribution < -0.4 is 9.47 Å². The number of rotatable bonds is 8. The van der Waals surface area contributed by atoms with Crippen molar-refractivity contribution in [1.29, 1.82) is 0 Å². The van der Waals surface area contributed by atoms with Crippen LogP contribution in [0.15, 0.2) is 47.4 Å². The lowest BCUT2D eigenvalue weighted by atomic mass is 10.1. The molecule has 3 rings (SSSR count). The number of nitrogens with zero attached hydrogens (tertiary/aromatic N) is 1. The molecule has 1 aliphatic rings. The fourth-order valence-electron chi connectivity index (χ4n) is 2.85. The molecule has 0 N–H and O–H groups in total. The van der Waals surface area contributed by atoms with Crippen LogP contribution in [-0.4, -0.2) is 42.3 Å². The third-order valence-electron chi connectivity index (χ3n) is 4.25. The van der Waals surface area contributed by atoms with Crippen LogP contribution in [0.25, 0.3) is 6.08 Å². The highest BCUT2D eigenvalue weighted by molar-refractivity contribution is 8.18. The largest absolute Gasteiger partial charge is 0.493 e. The molecule has 9 heteroatoms. The van der Waals surface area contributed by atoms with Crippen LogP contribution in [0.2, 0.25) is 5.02 Å². The molecule has 0 saturated carbocycles. The molecule has 0 radical (unpaired) electrons. The fourth-order valence-corrected chi connectivity index (χ4v) is 3.96. The molecule has 0 aromatic heterocycles. The van der Waals surface area contributed by atoms with E-state index in [1.54, 1.807) is 25.1 Å². The molecule has 1 fully saturated rings. The molecule has 2 amide bonds. The number of halogens is 1. The van der Waals surface area contributed by atoms with Crippen LogP contribution in [0.3, 0.4) is 0 Å². The summed E-state index contributed by atoms with van der Waals surface area (Å²) < 4.78 is 15.6. The molecule has 31 heavy (non-hydrogen) atoms. The van der Waals surface area contributed by atoms with E-state index in [-0.39, 0.29) is 52.3 Å². The van der Waals surface area contributed by atoms with Gasteiger partial charge in [0, 0.05) is 0 Å². The van der Waals surface area contributed by atoms with Crippen molar-refractivity contribution in [2.24, 2.45) is 0 Å². The van der Waals surface area contributed by atoms with Crippen molar-refractivity contribution in [3.8, 4) is 11.5 Å². The summed E-state index contributed by atoms with van der Waals surface area (Å²) in [5, 5.41) is -0.147. The van der Waals surface area contributed by atoms with Crippen molar-refractivity contribution in [1.82, 2.24) is 4.90 Å². The predicted octanol–water partition coefficient (Wildman–Crippen LogP) is 4.53. The zero-order valence-electron chi connectivity index (χ0n) is 16.9. The average molecular weight is 462 g/mol.